The molecular weight excluding hydrogens is 317 g/mol. The Morgan fingerprint density at radius 3 is 2.62 bits per heavy atom. The minimum atomic E-state index is -1.16. The van der Waals surface area contributed by atoms with E-state index >= 15 is 0 Å². The highest BCUT2D eigenvalue weighted by Crippen LogP contribution is 2.38. The number of fused-ring (bicyclic) bond motifs is 1. The molecule has 0 amide bonds. The Kier molecular flexibility index (Phi) is 3.85. The SMILES string of the molecule is NC1C[C@@H](N2Cc3cn[nH]c3C2)CCC1c1cc(F)c(F)cc1F. The zero-order chi connectivity index (χ0) is 16.8. The second kappa shape index (κ2) is 5.89. The summed E-state index contributed by atoms with van der Waals surface area (Å²) in [6.45, 7) is 1.66. The van der Waals surface area contributed by atoms with E-state index in [2.05, 4.69) is 15.1 Å². The molecule has 3 atom stereocenters. The van der Waals surface area contributed by atoms with Gasteiger partial charge in [-0.1, -0.05) is 0 Å². The molecule has 0 spiro atoms. The van der Waals surface area contributed by atoms with E-state index in [1.807, 2.05) is 6.20 Å². The molecule has 7 heteroatoms. The first-order valence-electron chi connectivity index (χ1n) is 8.18. The molecule has 2 unspecified atom stereocenters. The fraction of sp³-hybridized carbons (Fsp3) is 0.471. The maximum atomic E-state index is 14.0. The molecule has 2 heterocycles. The number of aromatic amines is 1. The molecule has 4 rings (SSSR count). The standard InChI is InChI=1S/C17H19F3N4/c18-13-5-15(20)14(19)4-12(13)11-2-1-10(3-16(11)21)24-7-9-6-22-23-17(9)8-24/h4-6,10-11,16H,1-3,7-8,21H2,(H,22,23)/t10-,11?,16?/m0/s1. The summed E-state index contributed by atoms with van der Waals surface area (Å²) in [6.07, 6.45) is 4.07. The molecule has 4 nitrogen and oxygen atoms in total. The smallest absolute Gasteiger partial charge is 0.161 e. The van der Waals surface area contributed by atoms with Gasteiger partial charge in [-0.3, -0.25) is 10.00 Å². The largest absolute Gasteiger partial charge is 0.327 e. The van der Waals surface area contributed by atoms with Crippen molar-refractivity contribution >= 4 is 0 Å². The van der Waals surface area contributed by atoms with E-state index in [9.17, 15) is 13.2 Å². The molecule has 0 bridgehead atoms. The van der Waals surface area contributed by atoms with Crippen LogP contribution in [0.2, 0.25) is 0 Å². The summed E-state index contributed by atoms with van der Waals surface area (Å²) in [4.78, 5) is 2.35. The fourth-order valence-electron chi connectivity index (χ4n) is 4.07. The van der Waals surface area contributed by atoms with Gasteiger partial charge >= 0.3 is 0 Å². The molecule has 1 aromatic heterocycles. The number of benzene rings is 1. The Balaban J connectivity index is 1.47. The first kappa shape index (κ1) is 15.7. The number of hydrogen-bond acceptors (Lipinski definition) is 3. The van der Waals surface area contributed by atoms with Gasteiger partial charge in [-0.15, -0.1) is 0 Å². The molecule has 1 aromatic carbocycles. The van der Waals surface area contributed by atoms with Crippen LogP contribution < -0.4 is 5.73 Å². The van der Waals surface area contributed by atoms with Crippen LogP contribution in [0.3, 0.4) is 0 Å². The zero-order valence-electron chi connectivity index (χ0n) is 13.1. The van der Waals surface area contributed by atoms with Crippen molar-refractivity contribution < 1.29 is 13.2 Å². The lowest BCUT2D eigenvalue weighted by Crippen LogP contribution is -2.44. The highest BCUT2D eigenvalue weighted by Gasteiger charge is 2.36. The summed E-state index contributed by atoms with van der Waals surface area (Å²) >= 11 is 0. The topological polar surface area (TPSA) is 57.9 Å². The first-order valence-corrected chi connectivity index (χ1v) is 8.18. The molecule has 3 N–H and O–H groups in total. The Morgan fingerprint density at radius 2 is 1.88 bits per heavy atom. The normalized spacial score (nSPS) is 27.4. The number of hydrogen-bond donors (Lipinski definition) is 2. The van der Waals surface area contributed by atoms with Gasteiger partial charge in [0.05, 0.1) is 11.9 Å². The Hall–Kier alpha value is -1.86. The predicted molar refractivity (Wildman–Crippen MR) is 82.5 cm³/mol. The third-order valence-electron chi connectivity index (χ3n) is 5.37. The van der Waals surface area contributed by atoms with E-state index in [4.69, 9.17) is 5.73 Å². The third kappa shape index (κ3) is 2.61. The summed E-state index contributed by atoms with van der Waals surface area (Å²) in [5.41, 5.74) is 8.81. The van der Waals surface area contributed by atoms with Crippen molar-refractivity contribution in [2.75, 3.05) is 0 Å². The van der Waals surface area contributed by atoms with E-state index < -0.39 is 17.5 Å². The van der Waals surface area contributed by atoms with Crippen molar-refractivity contribution in [2.24, 2.45) is 5.73 Å². The number of H-pyrrole nitrogens is 1. The molecule has 24 heavy (non-hydrogen) atoms. The Morgan fingerprint density at radius 1 is 1.08 bits per heavy atom. The zero-order valence-corrected chi connectivity index (χ0v) is 13.1. The predicted octanol–water partition coefficient (Wildman–Crippen LogP) is 2.81. The second-order valence-corrected chi connectivity index (χ2v) is 6.80. The van der Waals surface area contributed by atoms with Crippen LogP contribution in [0.5, 0.6) is 0 Å². The summed E-state index contributed by atoms with van der Waals surface area (Å²) in [5.74, 6) is -3.18. The number of nitrogens with two attached hydrogens (primary N) is 1. The number of halogens is 3. The summed E-state index contributed by atoms with van der Waals surface area (Å²) in [5, 5.41) is 7.03. The number of aromatic nitrogens is 2. The molecule has 0 radical (unpaired) electrons. The van der Waals surface area contributed by atoms with Crippen molar-refractivity contribution in [2.45, 2.75) is 50.4 Å². The Bertz CT molecular complexity index is 740. The lowest BCUT2D eigenvalue weighted by atomic mass is 9.77. The van der Waals surface area contributed by atoms with E-state index in [1.165, 1.54) is 5.56 Å². The average Bonchev–Trinajstić information content (AvgIpc) is 3.13. The van der Waals surface area contributed by atoms with Gasteiger partial charge in [0.25, 0.3) is 0 Å². The summed E-state index contributed by atoms with van der Waals surface area (Å²) < 4.78 is 40.6. The van der Waals surface area contributed by atoms with Crippen molar-refractivity contribution in [3.05, 3.63) is 52.6 Å². The van der Waals surface area contributed by atoms with Crippen molar-refractivity contribution in [3.63, 3.8) is 0 Å². The monoisotopic (exact) mass is 336 g/mol. The average molecular weight is 336 g/mol. The van der Waals surface area contributed by atoms with Crippen molar-refractivity contribution in [1.29, 1.82) is 0 Å². The highest BCUT2D eigenvalue weighted by atomic mass is 19.2. The highest BCUT2D eigenvalue weighted by molar-refractivity contribution is 5.27. The van der Waals surface area contributed by atoms with Gasteiger partial charge in [-0.2, -0.15) is 5.10 Å². The molecular formula is C17H19F3N4. The molecule has 1 saturated carbocycles. The van der Waals surface area contributed by atoms with Gasteiger partial charge in [0.15, 0.2) is 11.6 Å². The lowest BCUT2D eigenvalue weighted by Gasteiger charge is -2.38. The van der Waals surface area contributed by atoms with Crippen LogP contribution in [0.4, 0.5) is 13.2 Å². The summed E-state index contributed by atoms with van der Waals surface area (Å²) in [6, 6.07) is 1.61. The Labute approximate surface area is 137 Å². The van der Waals surface area contributed by atoms with E-state index in [1.54, 1.807) is 0 Å². The molecule has 2 aliphatic rings. The molecule has 1 fully saturated rings. The number of nitrogens with zero attached hydrogens (tertiary/aromatic N) is 2. The second-order valence-electron chi connectivity index (χ2n) is 6.80. The van der Waals surface area contributed by atoms with Crippen LogP contribution >= 0.6 is 0 Å². The molecule has 1 aliphatic heterocycles. The van der Waals surface area contributed by atoms with Gasteiger partial charge < -0.3 is 5.73 Å². The third-order valence-corrected chi connectivity index (χ3v) is 5.37. The maximum absolute atomic E-state index is 14.0. The van der Waals surface area contributed by atoms with Gasteiger partial charge in [0, 0.05) is 42.7 Å². The van der Waals surface area contributed by atoms with Gasteiger partial charge in [0.2, 0.25) is 0 Å². The van der Waals surface area contributed by atoms with Gasteiger partial charge in [-0.05, 0) is 30.9 Å². The lowest BCUT2D eigenvalue weighted by molar-refractivity contribution is 0.136. The minimum Gasteiger partial charge on any atom is -0.327 e. The molecule has 1 aliphatic carbocycles. The van der Waals surface area contributed by atoms with E-state index in [-0.39, 0.29) is 17.5 Å². The summed E-state index contributed by atoms with van der Waals surface area (Å²) in [7, 11) is 0. The van der Waals surface area contributed by atoms with Gasteiger partial charge in [-0.25, -0.2) is 13.2 Å². The van der Waals surface area contributed by atoms with Crippen molar-refractivity contribution in [3.8, 4) is 0 Å². The fourth-order valence-corrected chi connectivity index (χ4v) is 4.07. The van der Waals surface area contributed by atoms with Crippen LogP contribution in [-0.4, -0.2) is 27.2 Å². The number of nitrogens with one attached hydrogen (secondary N) is 1. The minimum absolute atomic E-state index is 0.190. The van der Waals surface area contributed by atoms with Crippen molar-refractivity contribution in [1.82, 2.24) is 15.1 Å². The first-order chi connectivity index (χ1) is 11.5. The van der Waals surface area contributed by atoms with Crippen LogP contribution in [-0.2, 0) is 13.1 Å². The van der Waals surface area contributed by atoms with Crippen LogP contribution in [0.25, 0.3) is 0 Å². The van der Waals surface area contributed by atoms with E-state index in [0.717, 1.165) is 31.3 Å². The van der Waals surface area contributed by atoms with Gasteiger partial charge in [0.1, 0.15) is 5.82 Å². The molecule has 128 valence electrons. The van der Waals surface area contributed by atoms with Crippen LogP contribution in [0.15, 0.2) is 18.3 Å². The van der Waals surface area contributed by atoms with Crippen LogP contribution in [0, 0.1) is 17.5 Å². The van der Waals surface area contributed by atoms with E-state index in [0.29, 0.717) is 24.9 Å². The molecule has 2 aromatic rings. The number of rotatable bonds is 2. The van der Waals surface area contributed by atoms with Crippen LogP contribution in [0.1, 0.15) is 42.0 Å². The maximum Gasteiger partial charge on any atom is 0.161 e. The quantitative estimate of drug-likeness (QED) is 0.829. The molecule has 0 saturated heterocycles.